The molecule has 23 heavy (non-hydrogen) atoms. The number of hydrogen-bond acceptors (Lipinski definition) is 5. The largest absolute Gasteiger partial charge is 0.289 e. The maximum atomic E-state index is 13.1. The second-order valence-corrected chi connectivity index (χ2v) is 7.78. The van der Waals surface area contributed by atoms with Gasteiger partial charge in [-0.25, -0.2) is 0 Å². The van der Waals surface area contributed by atoms with Gasteiger partial charge in [0.1, 0.15) is 0 Å². The molecule has 0 radical (unpaired) electrons. The molecule has 0 spiro atoms. The number of allylic oxidation sites excluding steroid dienone is 4. The van der Waals surface area contributed by atoms with E-state index < -0.39 is 0 Å². The second-order valence-electron chi connectivity index (χ2n) is 4.93. The summed E-state index contributed by atoms with van der Waals surface area (Å²) in [5.74, 6) is -0.170. The van der Waals surface area contributed by atoms with Gasteiger partial charge in [0.05, 0.1) is 11.1 Å². The lowest BCUT2D eigenvalue weighted by molar-refractivity contribution is -0.112. The van der Waals surface area contributed by atoms with Crippen LogP contribution in [-0.2, 0) is 9.59 Å². The first-order valence-electron chi connectivity index (χ1n) is 6.92. The van der Waals surface area contributed by atoms with E-state index in [1.54, 1.807) is 0 Å². The average Bonchev–Trinajstić information content (AvgIpc) is 3.31. The Morgan fingerprint density at radius 2 is 1.17 bits per heavy atom. The van der Waals surface area contributed by atoms with Gasteiger partial charge >= 0.3 is 0 Å². The maximum Gasteiger partial charge on any atom is 0.196 e. The number of rotatable bonds is 3. The van der Waals surface area contributed by atoms with E-state index in [-0.39, 0.29) is 11.6 Å². The molecule has 2 nitrogen and oxygen atoms in total. The van der Waals surface area contributed by atoms with E-state index in [0.29, 0.717) is 16.7 Å². The lowest BCUT2D eigenvalue weighted by atomic mass is 9.87. The molecule has 0 N–H and O–H groups in total. The fraction of sp³-hybridized carbons (Fsp3) is 0. The van der Waals surface area contributed by atoms with Gasteiger partial charge < -0.3 is 0 Å². The molecule has 0 atom stereocenters. The fourth-order valence-corrected chi connectivity index (χ4v) is 4.87. The summed E-state index contributed by atoms with van der Waals surface area (Å²) in [6.45, 7) is 0. The van der Waals surface area contributed by atoms with Gasteiger partial charge in [-0.2, -0.15) is 0 Å². The van der Waals surface area contributed by atoms with Crippen molar-refractivity contribution in [3.8, 4) is 0 Å². The molecule has 0 saturated heterocycles. The average molecular weight is 354 g/mol. The first kappa shape index (κ1) is 14.5. The van der Waals surface area contributed by atoms with Crippen molar-refractivity contribution in [3.05, 3.63) is 73.2 Å². The number of Topliss-reactive ketones (excluding diaryl/α,β-unsaturated/α-hetero) is 1. The molecular formula is C18H10O2S3. The van der Waals surface area contributed by atoms with Gasteiger partial charge in [0.2, 0.25) is 0 Å². The molecule has 5 heteroatoms. The van der Waals surface area contributed by atoms with E-state index in [0.717, 1.165) is 14.6 Å². The fourth-order valence-electron chi connectivity index (χ4n) is 2.58. The van der Waals surface area contributed by atoms with E-state index in [4.69, 9.17) is 0 Å². The molecule has 0 amide bonds. The summed E-state index contributed by atoms with van der Waals surface area (Å²) in [7, 11) is 0. The molecule has 0 fully saturated rings. The highest BCUT2D eigenvalue weighted by molar-refractivity contribution is 7.14. The highest BCUT2D eigenvalue weighted by Crippen LogP contribution is 2.40. The van der Waals surface area contributed by atoms with Crippen molar-refractivity contribution in [3.63, 3.8) is 0 Å². The Morgan fingerprint density at radius 3 is 1.70 bits per heavy atom. The third kappa shape index (κ3) is 2.47. The van der Waals surface area contributed by atoms with Crippen molar-refractivity contribution in [2.45, 2.75) is 0 Å². The molecule has 0 unspecified atom stereocenters. The summed E-state index contributed by atoms with van der Waals surface area (Å²) in [5, 5.41) is 5.76. The van der Waals surface area contributed by atoms with Crippen molar-refractivity contribution < 1.29 is 9.59 Å². The third-order valence-electron chi connectivity index (χ3n) is 3.57. The van der Waals surface area contributed by atoms with Crippen LogP contribution in [0.25, 0.3) is 16.7 Å². The molecule has 1 aliphatic rings. The Bertz CT molecular complexity index is 925. The molecule has 3 heterocycles. The second kappa shape index (κ2) is 5.85. The van der Waals surface area contributed by atoms with E-state index in [1.807, 2.05) is 52.5 Å². The van der Waals surface area contributed by atoms with Gasteiger partial charge in [-0.15, -0.1) is 34.0 Å². The van der Waals surface area contributed by atoms with Crippen LogP contribution in [0.3, 0.4) is 0 Å². The highest BCUT2D eigenvalue weighted by atomic mass is 32.1. The Hall–Kier alpha value is -2.08. The Kier molecular flexibility index (Phi) is 3.69. The molecule has 4 rings (SSSR count). The molecule has 0 saturated carbocycles. The zero-order valence-electron chi connectivity index (χ0n) is 11.8. The molecular weight excluding hydrogens is 344 g/mol. The van der Waals surface area contributed by atoms with Gasteiger partial charge in [0.25, 0.3) is 0 Å². The summed E-state index contributed by atoms with van der Waals surface area (Å²) in [6.07, 6.45) is 1.49. The minimum atomic E-state index is -0.0983. The van der Waals surface area contributed by atoms with Crippen LogP contribution in [-0.4, -0.2) is 11.6 Å². The van der Waals surface area contributed by atoms with Gasteiger partial charge in [-0.3, -0.25) is 9.59 Å². The van der Waals surface area contributed by atoms with Crippen molar-refractivity contribution in [2.24, 2.45) is 0 Å². The van der Waals surface area contributed by atoms with Gasteiger partial charge in [-0.1, -0.05) is 18.2 Å². The van der Waals surface area contributed by atoms with Gasteiger partial charge in [0.15, 0.2) is 11.6 Å². The number of ketones is 2. The smallest absolute Gasteiger partial charge is 0.196 e. The van der Waals surface area contributed by atoms with Gasteiger partial charge in [-0.05, 0) is 40.4 Å². The lowest BCUT2D eigenvalue weighted by Crippen LogP contribution is -2.16. The summed E-state index contributed by atoms with van der Waals surface area (Å²) in [5.41, 5.74) is 1.54. The number of thiophene rings is 3. The van der Waals surface area contributed by atoms with Crippen molar-refractivity contribution in [1.29, 1.82) is 0 Å². The molecule has 1 aliphatic carbocycles. The summed E-state index contributed by atoms with van der Waals surface area (Å²) in [4.78, 5) is 28.4. The van der Waals surface area contributed by atoms with Crippen LogP contribution in [0.2, 0.25) is 0 Å². The number of carbonyl (C=O) groups is 2. The monoisotopic (exact) mass is 354 g/mol. The van der Waals surface area contributed by atoms with Crippen LogP contribution >= 0.6 is 34.0 Å². The minimum Gasteiger partial charge on any atom is -0.289 e. The summed E-state index contributed by atoms with van der Waals surface area (Å²) >= 11 is 4.44. The summed E-state index contributed by atoms with van der Waals surface area (Å²) in [6, 6.07) is 11.4. The molecule has 112 valence electrons. The Labute approximate surface area is 145 Å². The van der Waals surface area contributed by atoms with Crippen molar-refractivity contribution >= 4 is 62.3 Å². The zero-order valence-corrected chi connectivity index (χ0v) is 14.3. The first-order chi connectivity index (χ1) is 11.3. The van der Waals surface area contributed by atoms with Crippen LogP contribution in [0.15, 0.2) is 58.6 Å². The summed E-state index contributed by atoms with van der Waals surface area (Å²) < 4.78 is 0. The van der Waals surface area contributed by atoms with E-state index >= 15 is 0 Å². The lowest BCUT2D eigenvalue weighted by Gasteiger charge is -2.17. The van der Waals surface area contributed by atoms with Crippen LogP contribution in [0.4, 0.5) is 0 Å². The maximum absolute atomic E-state index is 13.1. The standard InChI is InChI=1S/C18H10O2S3/c19-12-10-11(13-4-1-7-21-13)18(20)17(15-6-3-9-23-15)16(12)14-5-2-8-22-14/h1-10H. The molecule has 0 bridgehead atoms. The molecule has 3 aromatic rings. The molecule has 0 aromatic carbocycles. The van der Waals surface area contributed by atoms with Crippen LogP contribution in [0.1, 0.15) is 14.6 Å². The Balaban J connectivity index is 1.94. The third-order valence-corrected chi connectivity index (χ3v) is 6.24. The van der Waals surface area contributed by atoms with Crippen molar-refractivity contribution in [1.82, 2.24) is 0 Å². The van der Waals surface area contributed by atoms with E-state index in [9.17, 15) is 9.59 Å². The molecule has 3 aromatic heterocycles. The van der Waals surface area contributed by atoms with E-state index in [1.165, 1.54) is 40.1 Å². The van der Waals surface area contributed by atoms with E-state index in [2.05, 4.69) is 0 Å². The normalized spacial score (nSPS) is 15.2. The van der Waals surface area contributed by atoms with Crippen LogP contribution in [0.5, 0.6) is 0 Å². The van der Waals surface area contributed by atoms with Crippen LogP contribution < -0.4 is 0 Å². The van der Waals surface area contributed by atoms with Crippen LogP contribution in [0, 0.1) is 0 Å². The molecule has 0 aliphatic heterocycles. The van der Waals surface area contributed by atoms with Crippen molar-refractivity contribution in [2.75, 3.05) is 0 Å². The number of hydrogen-bond donors (Lipinski definition) is 0. The first-order valence-corrected chi connectivity index (χ1v) is 9.56. The topological polar surface area (TPSA) is 34.1 Å². The van der Waals surface area contributed by atoms with Gasteiger partial charge in [0, 0.05) is 20.2 Å². The number of carbonyl (C=O) groups excluding carboxylic acids is 2. The zero-order chi connectivity index (χ0) is 15.8. The highest BCUT2D eigenvalue weighted by Gasteiger charge is 2.32. The Morgan fingerprint density at radius 1 is 0.652 bits per heavy atom. The SMILES string of the molecule is O=C1C=C(c2cccs2)C(=O)C(c2cccs2)=C1c1cccs1. The quantitative estimate of drug-likeness (QED) is 0.619. The predicted octanol–water partition coefficient (Wildman–Crippen LogP) is 5.02. The predicted molar refractivity (Wildman–Crippen MR) is 97.8 cm³/mol. The minimum absolute atomic E-state index is 0.0714.